The van der Waals surface area contributed by atoms with Gasteiger partial charge in [0.1, 0.15) is 5.82 Å². The zero-order valence-electron chi connectivity index (χ0n) is 6.43. The van der Waals surface area contributed by atoms with Gasteiger partial charge in [0.05, 0.1) is 4.47 Å². The minimum atomic E-state index is -0.301. The quantitative estimate of drug-likeness (QED) is 0.776. The van der Waals surface area contributed by atoms with Crippen molar-refractivity contribution in [2.45, 2.75) is 6.04 Å². The van der Waals surface area contributed by atoms with Crippen LogP contribution >= 0.6 is 15.9 Å². The van der Waals surface area contributed by atoms with Gasteiger partial charge in [-0.25, -0.2) is 4.39 Å². The highest BCUT2D eigenvalue weighted by Gasteiger charge is 2.04. The SMILES string of the molecule is C=C[C@H](N)c1ccc(Br)c(F)c1. The van der Waals surface area contributed by atoms with Crippen molar-refractivity contribution in [2.75, 3.05) is 0 Å². The van der Waals surface area contributed by atoms with E-state index in [1.165, 1.54) is 6.07 Å². The van der Waals surface area contributed by atoms with Gasteiger partial charge in [-0.15, -0.1) is 6.58 Å². The Morgan fingerprint density at radius 1 is 1.58 bits per heavy atom. The molecular weight excluding hydrogens is 221 g/mol. The molecule has 0 unspecified atom stereocenters. The highest BCUT2D eigenvalue weighted by Crippen LogP contribution is 2.19. The summed E-state index contributed by atoms with van der Waals surface area (Å²) in [5.74, 6) is -0.301. The molecule has 1 nitrogen and oxygen atoms in total. The van der Waals surface area contributed by atoms with Crippen LogP contribution in [-0.2, 0) is 0 Å². The first-order valence-corrected chi connectivity index (χ1v) is 4.27. The van der Waals surface area contributed by atoms with Crippen molar-refractivity contribution in [3.8, 4) is 0 Å². The third-order valence-electron chi connectivity index (χ3n) is 1.58. The van der Waals surface area contributed by atoms with Crippen LogP contribution < -0.4 is 5.73 Å². The lowest BCUT2D eigenvalue weighted by atomic mass is 10.1. The van der Waals surface area contributed by atoms with E-state index in [0.29, 0.717) is 4.47 Å². The van der Waals surface area contributed by atoms with Crippen molar-refractivity contribution in [3.63, 3.8) is 0 Å². The third kappa shape index (κ3) is 1.93. The highest BCUT2D eigenvalue weighted by molar-refractivity contribution is 9.10. The van der Waals surface area contributed by atoms with E-state index in [2.05, 4.69) is 22.5 Å². The van der Waals surface area contributed by atoms with Crippen LogP contribution in [0.1, 0.15) is 11.6 Å². The molecule has 0 aliphatic heterocycles. The summed E-state index contributed by atoms with van der Waals surface area (Å²) in [6.45, 7) is 3.53. The molecule has 0 spiro atoms. The Labute approximate surface area is 79.2 Å². The molecule has 0 aliphatic rings. The van der Waals surface area contributed by atoms with E-state index in [9.17, 15) is 4.39 Å². The van der Waals surface area contributed by atoms with Gasteiger partial charge in [-0.3, -0.25) is 0 Å². The molecule has 0 heterocycles. The molecule has 1 rings (SSSR count). The zero-order chi connectivity index (χ0) is 9.14. The molecule has 1 aromatic carbocycles. The molecular formula is C9H9BrFN. The molecule has 0 aliphatic carbocycles. The summed E-state index contributed by atoms with van der Waals surface area (Å²) in [6, 6.07) is 4.50. The van der Waals surface area contributed by atoms with E-state index in [1.807, 2.05) is 0 Å². The molecule has 12 heavy (non-hydrogen) atoms. The van der Waals surface area contributed by atoms with E-state index in [1.54, 1.807) is 18.2 Å². The Morgan fingerprint density at radius 3 is 2.75 bits per heavy atom. The fraction of sp³-hybridized carbons (Fsp3) is 0.111. The largest absolute Gasteiger partial charge is 0.321 e. The first kappa shape index (κ1) is 9.42. The van der Waals surface area contributed by atoms with Gasteiger partial charge in [0, 0.05) is 6.04 Å². The first-order valence-electron chi connectivity index (χ1n) is 3.48. The second kappa shape index (κ2) is 3.83. The predicted octanol–water partition coefficient (Wildman–Crippen LogP) is 2.77. The molecule has 0 bridgehead atoms. The summed E-state index contributed by atoms with van der Waals surface area (Å²) < 4.78 is 13.4. The molecule has 1 atom stereocenters. The second-order valence-corrected chi connectivity index (χ2v) is 3.29. The molecule has 1 aromatic rings. The van der Waals surface area contributed by atoms with E-state index < -0.39 is 0 Å². The summed E-state index contributed by atoms with van der Waals surface area (Å²) in [7, 11) is 0. The van der Waals surface area contributed by atoms with Crippen molar-refractivity contribution in [3.05, 3.63) is 46.7 Å². The van der Waals surface area contributed by atoms with E-state index in [4.69, 9.17) is 5.73 Å². The van der Waals surface area contributed by atoms with Crippen molar-refractivity contribution in [1.82, 2.24) is 0 Å². The molecule has 0 fully saturated rings. The number of hydrogen-bond donors (Lipinski definition) is 1. The fourth-order valence-corrected chi connectivity index (χ4v) is 1.10. The van der Waals surface area contributed by atoms with Gasteiger partial charge in [-0.1, -0.05) is 12.1 Å². The fourth-order valence-electron chi connectivity index (χ4n) is 0.856. The van der Waals surface area contributed by atoms with Gasteiger partial charge in [-0.2, -0.15) is 0 Å². The maximum absolute atomic E-state index is 12.9. The van der Waals surface area contributed by atoms with Gasteiger partial charge in [0.25, 0.3) is 0 Å². The summed E-state index contributed by atoms with van der Waals surface area (Å²) in [5, 5.41) is 0. The first-order chi connectivity index (χ1) is 5.65. The van der Waals surface area contributed by atoms with Crippen LogP contribution in [-0.4, -0.2) is 0 Å². The smallest absolute Gasteiger partial charge is 0.137 e. The molecule has 0 amide bonds. The monoisotopic (exact) mass is 229 g/mol. The average molecular weight is 230 g/mol. The molecule has 64 valence electrons. The molecule has 0 saturated heterocycles. The summed E-state index contributed by atoms with van der Waals surface area (Å²) in [6.07, 6.45) is 1.57. The number of rotatable bonds is 2. The van der Waals surface area contributed by atoms with Crippen LogP contribution in [0, 0.1) is 5.82 Å². The van der Waals surface area contributed by atoms with E-state index in [0.717, 1.165) is 5.56 Å². The Hall–Kier alpha value is -0.670. The number of hydrogen-bond acceptors (Lipinski definition) is 1. The van der Waals surface area contributed by atoms with Crippen LogP contribution in [0.2, 0.25) is 0 Å². The Balaban J connectivity index is 3.04. The third-order valence-corrected chi connectivity index (χ3v) is 2.23. The van der Waals surface area contributed by atoms with Crippen LogP contribution in [0.25, 0.3) is 0 Å². The lowest BCUT2D eigenvalue weighted by Crippen LogP contribution is -2.06. The number of benzene rings is 1. The van der Waals surface area contributed by atoms with Crippen molar-refractivity contribution in [1.29, 1.82) is 0 Å². The highest BCUT2D eigenvalue weighted by atomic mass is 79.9. The molecule has 0 radical (unpaired) electrons. The molecule has 3 heteroatoms. The normalized spacial score (nSPS) is 12.6. The van der Waals surface area contributed by atoms with Crippen molar-refractivity contribution in [2.24, 2.45) is 5.73 Å². The molecule has 0 aromatic heterocycles. The predicted molar refractivity (Wildman–Crippen MR) is 51.2 cm³/mol. The second-order valence-electron chi connectivity index (χ2n) is 2.44. The average Bonchev–Trinajstić information content (AvgIpc) is 2.08. The summed E-state index contributed by atoms with van der Waals surface area (Å²) in [4.78, 5) is 0. The zero-order valence-corrected chi connectivity index (χ0v) is 8.01. The summed E-state index contributed by atoms with van der Waals surface area (Å²) >= 11 is 3.06. The van der Waals surface area contributed by atoms with Crippen molar-refractivity contribution < 1.29 is 4.39 Å². The lowest BCUT2D eigenvalue weighted by Gasteiger charge is -2.06. The van der Waals surface area contributed by atoms with Crippen LogP contribution in [0.3, 0.4) is 0 Å². The Bertz CT molecular complexity index is 299. The van der Waals surface area contributed by atoms with Gasteiger partial charge < -0.3 is 5.73 Å². The lowest BCUT2D eigenvalue weighted by molar-refractivity contribution is 0.617. The van der Waals surface area contributed by atoms with Gasteiger partial charge in [0.2, 0.25) is 0 Å². The van der Waals surface area contributed by atoms with Gasteiger partial charge in [-0.05, 0) is 33.6 Å². The van der Waals surface area contributed by atoms with Crippen LogP contribution in [0.15, 0.2) is 35.3 Å². The van der Waals surface area contributed by atoms with Crippen LogP contribution in [0.5, 0.6) is 0 Å². The van der Waals surface area contributed by atoms with Crippen LogP contribution in [0.4, 0.5) is 4.39 Å². The number of halogens is 2. The number of nitrogens with two attached hydrogens (primary N) is 1. The molecule has 0 saturated carbocycles. The van der Waals surface area contributed by atoms with Gasteiger partial charge in [0.15, 0.2) is 0 Å². The standard InChI is InChI=1S/C9H9BrFN/c1-2-9(12)6-3-4-7(10)8(11)5-6/h2-5,9H,1,12H2/t9-/m0/s1. The van der Waals surface area contributed by atoms with Crippen molar-refractivity contribution >= 4 is 15.9 Å². The molecule has 2 N–H and O–H groups in total. The Morgan fingerprint density at radius 2 is 2.25 bits per heavy atom. The minimum Gasteiger partial charge on any atom is -0.321 e. The van der Waals surface area contributed by atoms with E-state index in [-0.39, 0.29) is 11.9 Å². The maximum atomic E-state index is 12.9. The maximum Gasteiger partial charge on any atom is 0.137 e. The van der Waals surface area contributed by atoms with Gasteiger partial charge >= 0.3 is 0 Å². The minimum absolute atomic E-state index is 0.299. The topological polar surface area (TPSA) is 26.0 Å². The Kier molecular flexibility index (Phi) is 3.00. The summed E-state index contributed by atoms with van der Waals surface area (Å²) in [5.41, 5.74) is 6.34. The van der Waals surface area contributed by atoms with E-state index >= 15 is 0 Å².